The lowest BCUT2D eigenvalue weighted by atomic mass is 10.1. The summed E-state index contributed by atoms with van der Waals surface area (Å²) in [7, 11) is 0. The molecule has 2 heterocycles. The summed E-state index contributed by atoms with van der Waals surface area (Å²) in [6.07, 6.45) is 1.59. The zero-order chi connectivity index (χ0) is 16.9. The molecular formula is C17H16N2O4S. The lowest BCUT2D eigenvalue weighted by molar-refractivity contribution is 0.101. The molecule has 0 aliphatic carbocycles. The zero-order valence-electron chi connectivity index (χ0n) is 13.3. The summed E-state index contributed by atoms with van der Waals surface area (Å²) in [5.41, 5.74) is 1.37. The summed E-state index contributed by atoms with van der Waals surface area (Å²) >= 11 is 1.40. The number of aryl methyl sites for hydroxylation is 1. The number of benzene rings is 1. The van der Waals surface area contributed by atoms with Gasteiger partial charge in [-0.05, 0) is 32.0 Å². The Hall–Kier alpha value is -2.54. The summed E-state index contributed by atoms with van der Waals surface area (Å²) in [5.74, 6) is 2.37. The average molecular weight is 344 g/mol. The highest BCUT2D eigenvalue weighted by Gasteiger charge is 2.13. The van der Waals surface area contributed by atoms with Crippen LogP contribution in [-0.2, 0) is 0 Å². The fraction of sp³-hybridized carbons (Fsp3) is 0.235. The quantitative estimate of drug-likeness (QED) is 0.364. The minimum absolute atomic E-state index is 0.0183. The van der Waals surface area contributed by atoms with Gasteiger partial charge in [-0.3, -0.25) is 4.79 Å². The molecule has 0 saturated heterocycles. The van der Waals surface area contributed by atoms with E-state index < -0.39 is 0 Å². The molecular weight excluding hydrogens is 328 g/mol. The highest BCUT2D eigenvalue weighted by atomic mass is 32.2. The number of thioether (sulfide) groups is 1. The summed E-state index contributed by atoms with van der Waals surface area (Å²) in [4.78, 5) is 11.5. The third-order valence-electron chi connectivity index (χ3n) is 3.33. The first kappa shape index (κ1) is 16.3. The Kier molecular flexibility index (Phi) is 5.00. The second-order valence-electron chi connectivity index (χ2n) is 5.01. The fourth-order valence-electron chi connectivity index (χ4n) is 2.15. The molecule has 0 fully saturated rings. The maximum Gasteiger partial charge on any atom is 0.276 e. The van der Waals surface area contributed by atoms with Gasteiger partial charge in [-0.25, -0.2) is 0 Å². The molecule has 24 heavy (non-hydrogen) atoms. The van der Waals surface area contributed by atoms with Crippen LogP contribution in [0.3, 0.4) is 0 Å². The van der Waals surface area contributed by atoms with Crippen molar-refractivity contribution >= 4 is 17.5 Å². The molecule has 0 aliphatic rings. The standard InChI is InChI=1S/C17H16N2O4S/c1-11(20)13-5-3-4-6-15(13)22-9-10-24-17-19-18-16(23-17)14-7-8-21-12(14)2/h3-8H,9-10H2,1-2H3. The van der Waals surface area contributed by atoms with Crippen LogP contribution in [0.25, 0.3) is 11.5 Å². The summed E-state index contributed by atoms with van der Waals surface area (Å²) in [6, 6.07) is 8.98. The fourth-order valence-corrected chi connectivity index (χ4v) is 2.73. The van der Waals surface area contributed by atoms with Crippen LogP contribution < -0.4 is 4.74 Å². The van der Waals surface area contributed by atoms with Crippen molar-refractivity contribution in [1.29, 1.82) is 0 Å². The number of para-hydroxylation sites is 1. The van der Waals surface area contributed by atoms with Crippen LogP contribution in [0.15, 0.2) is 50.7 Å². The molecule has 7 heteroatoms. The van der Waals surface area contributed by atoms with Crippen molar-refractivity contribution < 1.29 is 18.4 Å². The molecule has 6 nitrogen and oxygen atoms in total. The van der Waals surface area contributed by atoms with E-state index in [-0.39, 0.29) is 5.78 Å². The van der Waals surface area contributed by atoms with Crippen LogP contribution in [0.4, 0.5) is 0 Å². The number of furan rings is 1. The second kappa shape index (κ2) is 7.35. The monoisotopic (exact) mass is 344 g/mol. The molecule has 3 aromatic rings. The number of Topliss-reactive ketones (excluding diaryl/α,β-unsaturated/α-hetero) is 1. The molecule has 0 saturated carbocycles. The molecule has 0 N–H and O–H groups in total. The van der Waals surface area contributed by atoms with E-state index in [1.54, 1.807) is 24.5 Å². The number of carbonyl (C=O) groups excluding carboxylic acids is 1. The summed E-state index contributed by atoms with van der Waals surface area (Å²) in [6.45, 7) is 3.79. The first-order chi connectivity index (χ1) is 11.6. The Bertz CT molecular complexity index is 840. The van der Waals surface area contributed by atoms with Gasteiger partial charge in [0.05, 0.1) is 24.0 Å². The second-order valence-corrected chi connectivity index (χ2v) is 6.06. The number of rotatable bonds is 7. The minimum Gasteiger partial charge on any atom is -0.492 e. The van der Waals surface area contributed by atoms with Crippen molar-refractivity contribution in [2.75, 3.05) is 12.4 Å². The van der Waals surface area contributed by atoms with Gasteiger partial charge in [0.1, 0.15) is 11.5 Å². The van der Waals surface area contributed by atoms with E-state index in [0.717, 1.165) is 11.3 Å². The van der Waals surface area contributed by atoms with E-state index in [0.29, 0.717) is 34.8 Å². The molecule has 2 aromatic heterocycles. The van der Waals surface area contributed by atoms with Gasteiger partial charge in [0.25, 0.3) is 11.1 Å². The Labute approximate surface area is 143 Å². The number of hydrogen-bond donors (Lipinski definition) is 0. The van der Waals surface area contributed by atoms with Gasteiger partial charge >= 0.3 is 0 Å². The lowest BCUT2D eigenvalue weighted by Gasteiger charge is -2.08. The van der Waals surface area contributed by atoms with Crippen LogP contribution in [0, 0.1) is 6.92 Å². The number of carbonyl (C=O) groups is 1. The van der Waals surface area contributed by atoms with Crippen molar-refractivity contribution in [3.05, 3.63) is 47.9 Å². The predicted octanol–water partition coefficient (Wildman–Crippen LogP) is 4.01. The SMILES string of the molecule is CC(=O)c1ccccc1OCCSc1nnc(-c2ccoc2C)o1. The van der Waals surface area contributed by atoms with E-state index in [9.17, 15) is 4.79 Å². The maximum absolute atomic E-state index is 11.5. The topological polar surface area (TPSA) is 78.4 Å². The first-order valence-corrected chi connectivity index (χ1v) is 8.37. The molecule has 3 rings (SSSR count). The summed E-state index contributed by atoms with van der Waals surface area (Å²) in [5, 5.41) is 8.48. The molecule has 0 aliphatic heterocycles. The van der Waals surface area contributed by atoms with Crippen LogP contribution in [-0.4, -0.2) is 28.3 Å². The Balaban J connectivity index is 1.54. The van der Waals surface area contributed by atoms with Gasteiger partial charge in [0.15, 0.2) is 5.78 Å². The number of ketones is 1. The third kappa shape index (κ3) is 3.68. The van der Waals surface area contributed by atoms with E-state index in [1.165, 1.54) is 18.7 Å². The van der Waals surface area contributed by atoms with Gasteiger partial charge in [0, 0.05) is 5.75 Å². The number of nitrogens with zero attached hydrogens (tertiary/aromatic N) is 2. The first-order valence-electron chi connectivity index (χ1n) is 7.38. The molecule has 0 spiro atoms. The van der Waals surface area contributed by atoms with Crippen molar-refractivity contribution in [1.82, 2.24) is 10.2 Å². The zero-order valence-corrected chi connectivity index (χ0v) is 14.1. The molecule has 1 aromatic carbocycles. The number of ether oxygens (including phenoxy) is 1. The highest BCUT2D eigenvalue weighted by molar-refractivity contribution is 7.99. The molecule has 0 amide bonds. The molecule has 0 bridgehead atoms. The Morgan fingerprint density at radius 3 is 2.83 bits per heavy atom. The van der Waals surface area contributed by atoms with Crippen LogP contribution >= 0.6 is 11.8 Å². The normalized spacial score (nSPS) is 10.8. The van der Waals surface area contributed by atoms with E-state index in [4.69, 9.17) is 13.6 Å². The van der Waals surface area contributed by atoms with Crippen molar-refractivity contribution in [2.45, 2.75) is 19.1 Å². The van der Waals surface area contributed by atoms with E-state index in [2.05, 4.69) is 10.2 Å². The van der Waals surface area contributed by atoms with Crippen molar-refractivity contribution in [2.24, 2.45) is 0 Å². The minimum atomic E-state index is -0.0183. The van der Waals surface area contributed by atoms with Gasteiger partial charge in [0.2, 0.25) is 0 Å². The lowest BCUT2D eigenvalue weighted by Crippen LogP contribution is -2.04. The third-order valence-corrected chi connectivity index (χ3v) is 4.11. The largest absolute Gasteiger partial charge is 0.492 e. The van der Waals surface area contributed by atoms with Gasteiger partial charge in [-0.2, -0.15) is 0 Å². The highest BCUT2D eigenvalue weighted by Crippen LogP contribution is 2.26. The summed E-state index contributed by atoms with van der Waals surface area (Å²) < 4.78 is 16.5. The van der Waals surface area contributed by atoms with Crippen molar-refractivity contribution in [3.63, 3.8) is 0 Å². The molecule has 124 valence electrons. The Morgan fingerprint density at radius 2 is 2.08 bits per heavy atom. The average Bonchev–Trinajstić information content (AvgIpc) is 3.20. The maximum atomic E-state index is 11.5. The van der Waals surface area contributed by atoms with Crippen LogP contribution in [0.5, 0.6) is 5.75 Å². The predicted molar refractivity (Wildman–Crippen MR) is 89.4 cm³/mol. The molecule has 0 unspecified atom stereocenters. The smallest absolute Gasteiger partial charge is 0.276 e. The van der Waals surface area contributed by atoms with Crippen molar-refractivity contribution in [3.8, 4) is 17.2 Å². The number of aromatic nitrogens is 2. The van der Waals surface area contributed by atoms with Crippen LogP contribution in [0.2, 0.25) is 0 Å². The van der Waals surface area contributed by atoms with E-state index in [1.807, 2.05) is 19.1 Å². The molecule has 0 atom stereocenters. The van der Waals surface area contributed by atoms with Gasteiger partial charge < -0.3 is 13.6 Å². The van der Waals surface area contributed by atoms with Gasteiger partial charge in [-0.1, -0.05) is 23.9 Å². The van der Waals surface area contributed by atoms with Gasteiger partial charge in [-0.15, -0.1) is 10.2 Å². The molecule has 0 radical (unpaired) electrons. The van der Waals surface area contributed by atoms with Crippen LogP contribution in [0.1, 0.15) is 23.0 Å². The van der Waals surface area contributed by atoms with E-state index >= 15 is 0 Å². The number of hydrogen-bond acceptors (Lipinski definition) is 7. The Morgan fingerprint density at radius 1 is 1.25 bits per heavy atom.